The summed E-state index contributed by atoms with van der Waals surface area (Å²) in [7, 11) is 0. The molecule has 0 aliphatic rings. The lowest BCUT2D eigenvalue weighted by molar-refractivity contribution is -0.118. The normalized spacial score (nSPS) is 10.6. The third kappa shape index (κ3) is 5.05. The highest BCUT2D eigenvalue weighted by Gasteiger charge is 2.17. The molecule has 0 bridgehead atoms. The monoisotopic (exact) mass is 415 g/mol. The molecule has 156 valence electrons. The van der Waals surface area contributed by atoms with Gasteiger partial charge >= 0.3 is 0 Å². The third-order valence-corrected chi connectivity index (χ3v) is 4.47. The van der Waals surface area contributed by atoms with Crippen molar-refractivity contribution < 1.29 is 14.3 Å². The standard InChI is InChI=1S/C23H21N5O3/c1-16(29)25-20-14-28-21(13-24-20)26-19(12-17-8-4-2-5-9-17)23(28)27-22(30)15-31-18-10-6-3-7-11-18/h2-11,13-14H,12,15H2,1H3,(H,25,29)(H,27,30). The van der Waals surface area contributed by atoms with Crippen molar-refractivity contribution in [3.05, 3.63) is 84.3 Å². The average Bonchev–Trinajstić information content (AvgIpc) is 3.09. The highest BCUT2D eigenvalue weighted by Crippen LogP contribution is 2.22. The second-order valence-electron chi connectivity index (χ2n) is 6.90. The van der Waals surface area contributed by atoms with Crippen LogP contribution in [0.15, 0.2) is 73.1 Å². The van der Waals surface area contributed by atoms with Crippen molar-refractivity contribution in [3.63, 3.8) is 0 Å². The van der Waals surface area contributed by atoms with E-state index in [1.54, 1.807) is 28.9 Å². The minimum absolute atomic E-state index is 0.147. The number of imidazole rings is 1. The minimum Gasteiger partial charge on any atom is -0.484 e. The van der Waals surface area contributed by atoms with Crippen molar-refractivity contribution in [2.75, 3.05) is 17.2 Å². The Bertz CT molecular complexity index is 1210. The van der Waals surface area contributed by atoms with Crippen molar-refractivity contribution in [2.45, 2.75) is 13.3 Å². The fourth-order valence-corrected chi connectivity index (χ4v) is 3.13. The van der Waals surface area contributed by atoms with E-state index in [1.165, 1.54) is 6.92 Å². The van der Waals surface area contributed by atoms with Crippen LogP contribution in [0.1, 0.15) is 18.2 Å². The van der Waals surface area contributed by atoms with Crippen LogP contribution in [0, 0.1) is 0 Å². The number of amides is 2. The van der Waals surface area contributed by atoms with Crippen molar-refractivity contribution >= 4 is 29.1 Å². The Morgan fingerprint density at radius 1 is 1.00 bits per heavy atom. The molecule has 8 nitrogen and oxygen atoms in total. The summed E-state index contributed by atoms with van der Waals surface area (Å²) >= 11 is 0. The van der Waals surface area contributed by atoms with Crippen LogP contribution in [0.2, 0.25) is 0 Å². The molecule has 31 heavy (non-hydrogen) atoms. The number of nitrogens with one attached hydrogen (secondary N) is 2. The number of para-hydroxylation sites is 1. The van der Waals surface area contributed by atoms with Gasteiger partial charge in [-0.1, -0.05) is 48.5 Å². The minimum atomic E-state index is -0.321. The predicted molar refractivity (Wildman–Crippen MR) is 117 cm³/mol. The number of ether oxygens (including phenoxy) is 1. The summed E-state index contributed by atoms with van der Waals surface area (Å²) in [6, 6.07) is 19.0. The van der Waals surface area contributed by atoms with E-state index in [2.05, 4.69) is 20.6 Å². The summed E-state index contributed by atoms with van der Waals surface area (Å²) in [5.74, 6) is 0.919. The van der Waals surface area contributed by atoms with E-state index in [-0.39, 0.29) is 18.4 Å². The Hall–Kier alpha value is -4.20. The molecule has 0 radical (unpaired) electrons. The summed E-state index contributed by atoms with van der Waals surface area (Å²) in [5.41, 5.74) is 2.29. The molecule has 0 saturated heterocycles. The Kier molecular flexibility index (Phi) is 5.89. The molecule has 0 aliphatic carbocycles. The first-order valence-corrected chi connectivity index (χ1v) is 9.74. The molecule has 0 spiro atoms. The van der Waals surface area contributed by atoms with Crippen LogP contribution in [0.5, 0.6) is 5.75 Å². The molecule has 2 aromatic carbocycles. The van der Waals surface area contributed by atoms with Crippen molar-refractivity contribution in [1.82, 2.24) is 14.4 Å². The highest BCUT2D eigenvalue weighted by molar-refractivity contribution is 5.92. The molecule has 0 saturated carbocycles. The van der Waals surface area contributed by atoms with Gasteiger partial charge in [-0.3, -0.25) is 14.0 Å². The molecule has 2 heterocycles. The van der Waals surface area contributed by atoms with Gasteiger partial charge in [-0.25, -0.2) is 9.97 Å². The lowest BCUT2D eigenvalue weighted by Crippen LogP contribution is -2.22. The van der Waals surface area contributed by atoms with Gasteiger partial charge in [-0.15, -0.1) is 0 Å². The molecule has 0 aliphatic heterocycles. The number of rotatable bonds is 7. The van der Waals surface area contributed by atoms with Gasteiger partial charge in [0.05, 0.1) is 18.1 Å². The van der Waals surface area contributed by atoms with Crippen LogP contribution in [-0.4, -0.2) is 32.8 Å². The van der Waals surface area contributed by atoms with Gasteiger partial charge in [0.25, 0.3) is 5.91 Å². The molecular weight excluding hydrogens is 394 g/mol. The van der Waals surface area contributed by atoms with Crippen LogP contribution in [0.4, 0.5) is 11.6 Å². The summed E-state index contributed by atoms with van der Waals surface area (Å²) in [4.78, 5) is 32.9. The number of fused-ring (bicyclic) bond motifs is 1. The molecule has 0 fully saturated rings. The van der Waals surface area contributed by atoms with Crippen LogP contribution in [-0.2, 0) is 16.0 Å². The van der Waals surface area contributed by atoms with E-state index in [4.69, 9.17) is 4.74 Å². The number of benzene rings is 2. The molecule has 2 amide bonds. The molecule has 0 atom stereocenters. The van der Waals surface area contributed by atoms with Gasteiger partial charge < -0.3 is 15.4 Å². The number of hydrogen-bond acceptors (Lipinski definition) is 5. The quantitative estimate of drug-likeness (QED) is 0.483. The van der Waals surface area contributed by atoms with Gasteiger partial charge in [0, 0.05) is 13.3 Å². The average molecular weight is 415 g/mol. The zero-order valence-electron chi connectivity index (χ0n) is 16.9. The van der Waals surface area contributed by atoms with Gasteiger partial charge in [-0.2, -0.15) is 0 Å². The number of nitrogens with zero attached hydrogens (tertiary/aromatic N) is 3. The van der Waals surface area contributed by atoms with Gasteiger partial charge in [0.15, 0.2) is 12.3 Å². The van der Waals surface area contributed by atoms with Gasteiger partial charge in [0.1, 0.15) is 17.4 Å². The van der Waals surface area contributed by atoms with Crippen LogP contribution >= 0.6 is 0 Å². The Balaban J connectivity index is 1.62. The fraction of sp³-hybridized carbons (Fsp3) is 0.130. The van der Waals surface area contributed by atoms with E-state index in [1.807, 2.05) is 48.5 Å². The number of carbonyl (C=O) groups excluding carboxylic acids is 2. The van der Waals surface area contributed by atoms with E-state index in [0.717, 1.165) is 5.56 Å². The van der Waals surface area contributed by atoms with E-state index in [9.17, 15) is 9.59 Å². The maximum atomic E-state index is 12.6. The molecule has 2 aromatic heterocycles. The first-order chi connectivity index (χ1) is 15.1. The van der Waals surface area contributed by atoms with Crippen LogP contribution in [0.25, 0.3) is 5.65 Å². The lowest BCUT2D eigenvalue weighted by atomic mass is 10.1. The third-order valence-electron chi connectivity index (χ3n) is 4.47. The number of anilines is 2. The molecule has 4 aromatic rings. The predicted octanol–water partition coefficient (Wildman–Crippen LogP) is 3.30. The topological polar surface area (TPSA) is 97.6 Å². The molecule has 2 N–H and O–H groups in total. The first-order valence-electron chi connectivity index (χ1n) is 9.74. The van der Waals surface area contributed by atoms with Crippen molar-refractivity contribution in [3.8, 4) is 5.75 Å². The first kappa shape index (κ1) is 20.1. The SMILES string of the molecule is CC(=O)Nc1cn2c(NC(=O)COc3ccccc3)c(Cc3ccccc3)nc2cn1. The van der Waals surface area contributed by atoms with Crippen molar-refractivity contribution in [2.24, 2.45) is 0 Å². The van der Waals surface area contributed by atoms with Crippen LogP contribution in [0.3, 0.4) is 0 Å². The smallest absolute Gasteiger partial charge is 0.263 e. The van der Waals surface area contributed by atoms with E-state index < -0.39 is 0 Å². The summed E-state index contributed by atoms with van der Waals surface area (Å²) in [6.07, 6.45) is 3.70. The maximum absolute atomic E-state index is 12.6. The highest BCUT2D eigenvalue weighted by atomic mass is 16.5. The second kappa shape index (κ2) is 9.08. The Morgan fingerprint density at radius 3 is 2.42 bits per heavy atom. The molecule has 4 rings (SSSR count). The summed E-state index contributed by atoms with van der Waals surface area (Å²) < 4.78 is 7.26. The molecule has 0 unspecified atom stereocenters. The number of aromatic nitrogens is 3. The number of carbonyl (C=O) groups is 2. The molecule has 8 heteroatoms. The van der Waals surface area contributed by atoms with E-state index in [0.29, 0.717) is 35.1 Å². The van der Waals surface area contributed by atoms with Gasteiger partial charge in [0.2, 0.25) is 5.91 Å². The van der Waals surface area contributed by atoms with E-state index >= 15 is 0 Å². The zero-order chi connectivity index (χ0) is 21.6. The fourth-order valence-electron chi connectivity index (χ4n) is 3.13. The largest absolute Gasteiger partial charge is 0.484 e. The maximum Gasteiger partial charge on any atom is 0.263 e. The van der Waals surface area contributed by atoms with Gasteiger partial charge in [-0.05, 0) is 17.7 Å². The Labute approximate surface area is 178 Å². The number of hydrogen-bond donors (Lipinski definition) is 2. The molecular formula is C23H21N5O3. The Morgan fingerprint density at radius 2 is 1.71 bits per heavy atom. The zero-order valence-corrected chi connectivity index (χ0v) is 16.9. The lowest BCUT2D eigenvalue weighted by Gasteiger charge is -2.10. The summed E-state index contributed by atoms with van der Waals surface area (Å²) in [5, 5.41) is 5.55. The summed E-state index contributed by atoms with van der Waals surface area (Å²) in [6.45, 7) is 1.26. The second-order valence-corrected chi connectivity index (χ2v) is 6.90. The van der Waals surface area contributed by atoms with Crippen LogP contribution < -0.4 is 15.4 Å². The van der Waals surface area contributed by atoms with Crippen molar-refractivity contribution in [1.29, 1.82) is 0 Å².